The van der Waals surface area contributed by atoms with Crippen molar-refractivity contribution in [2.75, 3.05) is 13.1 Å². The topological polar surface area (TPSA) is 36.4 Å². The number of aromatic nitrogens is 1. The highest BCUT2D eigenvalue weighted by Gasteiger charge is 2.40. The molecule has 0 spiro atoms. The quantitative estimate of drug-likeness (QED) is 0.857. The lowest BCUT2D eigenvalue weighted by atomic mass is 10.0. The van der Waals surface area contributed by atoms with E-state index >= 15 is 0 Å². The van der Waals surface area contributed by atoms with Gasteiger partial charge in [-0.2, -0.15) is 0 Å². The van der Waals surface area contributed by atoms with Gasteiger partial charge in [0.05, 0.1) is 0 Å². The lowest BCUT2D eigenvalue weighted by molar-refractivity contribution is -0.130. The van der Waals surface area contributed by atoms with Gasteiger partial charge in [0.25, 0.3) is 0 Å². The minimum Gasteiger partial charge on any atom is -0.338 e. The Morgan fingerprint density at radius 3 is 2.76 bits per heavy atom. The van der Waals surface area contributed by atoms with Crippen molar-refractivity contribution in [3.63, 3.8) is 0 Å². The molecule has 3 atom stereocenters. The summed E-state index contributed by atoms with van der Waals surface area (Å²) in [6.07, 6.45) is 8.54. The van der Waals surface area contributed by atoms with E-state index in [4.69, 9.17) is 0 Å². The molecule has 3 unspecified atom stereocenters. The summed E-state index contributed by atoms with van der Waals surface area (Å²) in [5, 5.41) is 0. The Labute approximate surface area is 127 Å². The van der Waals surface area contributed by atoms with Crippen molar-refractivity contribution in [1.29, 1.82) is 0 Å². The van der Waals surface area contributed by atoms with Gasteiger partial charge in [0.15, 0.2) is 0 Å². The molecule has 21 heavy (non-hydrogen) atoms. The van der Waals surface area contributed by atoms with Gasteiger partial charge >= 0.3 is 0 Å². The Morgan fingerprint density at radius 1 is 1.29 bits per heavy atom. The number of carbonyl (C=O) groups excluding carboxylic acids is 1. The van der Waals surface area contributed by atoms with Crippen molar-refractivity contribution >= 4 is 5.91 Å². The van der Waals surface area contributed by atoms with E-state index in [0.29, 0.717) is 18.1 Å². The minimum absolute atomic E-state index is 0.235. The van der Waals surface area contributed by atoms with Crippen molar-refractivity contribution in [1.82, 2.24) is 14.8 Å². The maximum Gasteiger partial charge on any atom is 0.219 e. The van der Waals surface area contributed by atoms with Crippen molar-refractivity contribution in [2.24, 2.45) is 0 Å². The average molecular weight is 287 g/mol. The van der Waals surface area contributed by atoms with Gasteiger partial charge in [-0.3, -0.25) is 14.7 Å². The normalized spacial score (nSPS) is 28.0. The van der Waals surface area contributed by atoms with E-state index in [2.05, 4.69) is 27.8 Å². The van der Waals surface area contributed by atoms with Crippen LogP contribution in [0.15, 0.2) is 24.5 Å². The highest BCUT2D eigenvalue weighted by atomic mass is 16.2. The monoisotopic (exact) mass is 287 g/mol. The van der Waals surface area contributed by atoms with E-state index in [9.17, 15) is 4.79 Å². The van der Waals surface area contributed by atoms with E-state index in [1.807, 2.05) is 18.5 Å². The molecular formula is C17H25N3O. The largest absolute Gasteiger partial charge is 0.338 e. The second kappa shape index (κ2) is 6.14. The van der Waals surface area contributed by atoms with Crippen LogP contribution in [0.5, 0.6) is 0 Å². The molecule has 0 saturated carbocycles. The molecule has 2 fully saturated rings. The molecule has 1 amide bonds. The summed E-state index contributed by atoms with van der Waals surface area (Å²) < 4.78 is 0. The second-order valence-electron chi connectivity index (χ2n) is 6.33. The van der Waals surface area contributed by atoms with E-state index in [1.54, 1.807) is 6.92 Å². The van der Waals surface area contributed by atoms with Crippen LogP contribution in [0.25, 0.3) is 0 Å². The van der Waals surface area contributed by atoms with Crippen LogP contribution in [0, 0.1) is 0 Å². The Kier molecular flexibility index (Phi) is 4.24. The molecule has 0 N–H and O–H groups in total. The maximum absolute atomic E-state index is 11.9. The molecule has 0 bridgehead atoms. The van der Waals surface area contributed by atoms with Gasteiger partial charge in [-0.05, 0) is 50.8 Å². The lowest BCUT2D eigenvalue weighted by Gasteiger charge is -2.37. The van der Waals surface area contributed by atoms with Crippen LogP contribution in [0.1, 0.15) is 51.1 Å². The average Bonchev–Trinajstić information content (AvgIpc) is 3.15. The minimum atomic E-state index is 0.235. The van der Waals surface area contributed by atoms with E-state index in [1.165, 1.54) is 18.4 Å². The molecule has 3 rings (SSSR count). The Bertz CT molecular complexity index is 490. The molecule has 2 saturated heterocycles. The first-order valence-corrected chi connectivity index (χ1v) is 8.11. The molecule has 114 valence electrons. The maximum atomic E-state index is 11.9. The van der Waals surface area contributed by atoms with Gasteiger partial charge in [-0.25, -0.2) is 0 Å². The van der Waals surface area contributed by atoms with Crippen LogP contribution in [-0.2, 0) is 4.79 Å². The predicted octanol–water partition coefficient (Wildman–Crippen LogP) is 2.62. The van der Waals surface area contributed by atoms with Crippen molar-refractivity contribution < 1.29 is 4.79 Å². The molecule has 0 aromatic carbocycles. The summed E-state index contributed by atoms with van der Waals surface area (Å²) >= 11 is 0. The number of carbonyl (C=O) groups is 1. The van der Waals surface area contributed by atoms with E-state index in [-0.39, 0.29) is 5.91 Å². The Morgan fingerprint density at radius 2 is 2.05 bits per heavy atom. The first kappa shape index (κ1) is 14.5. The van der Waals surface area contributed by atoms with Crippen LogP contribution in [0.2, 0.25) is 0 Å². The van der Waals surface area contributed by atoms with Crippen LogP contribution >= 0.6 is 0 Å². The number of hydrogen-bond donors (Lipinski definition) is 0. The zero-order chi connectivity index (χ0) is 14.8. The van der Waals surface area contributed by atoms with Crippen LogP contribution in [-0.4, -0.2) is 45.9 Å². The molecule has 4 heteroatoms. The third-order valence-electron chi connectivity index (χ3n) is 5.15. The fraction of sp³-hybridized carbons (Fsp3) is 0.647. The molecule has 2 aliphatic heterocycles. The summed E-state index contributed by atoms with van der Waals surface area (Å²) in [4.78, 5) is 20.8. The zero-order valence-corrected chi connectivity index (χ0v) is 13.0. The summed E-state index contributed by atoms with van der Waals surface area (Å²) in [7, 11) is 0. The fourth-order valence-corrected chi connectivity index (χ4v) is 4.11. The summed E-state index contributed by atoms with van der Waals surface area (Å²) in [5.74, 6) is 0.235. The van der Waals surface area contributed by atoms with Crippen LogP contribution in [0.3, 0.4) is 0 Å². The van der Waals surface area contributed by atoms with Gasteiger partial charge in [0, 0.05) is 44.0 Å². The van der Waals surface area contributed by atoms with Gasteiger partial charge in [-0.15, -0.1) is 0 Å². The van der Waals surface area contributed by atoms with Crippen molar-refractivity contribution in [2.45, 2.75) is 57.7 Å². The van der Waals surface area contributed by atoms with Crippen molar-refractivity contribution in [3.05, 3.63) is 30.1 Å². The molecule has 2 aliphatic rings. The summed E-state index contributed by atoms with van der Waals surface area (Å²) in [6, 6.07) is 5.45. The molecule has 3 heterocycles. The molecular weight excluding hydrogens is 262 g/mol. The third kappa shape index (κ3) is 2.82. The first-order valence-electron chi connectivity index (χ1n) is 8.11. The van der Waals surface area contributed by atoms with Crippen LogP contribution in [0.4, 0.5) is 0 Å². The Hall–Kier alpha value is -1.42. The predicted molar refractivity (Wildman–Crippen MR) is 82.8 cm³/mol. The number of rotatable bonds is 3. The molecule has 4 nitrogen and oxygen atoms in total. The van der Waals surface area contributed by atoms with Gasteiger partial charge < -0.3 is 4.90 Å². The highest BCUT2D eigenvalue weighted by Crippen LogP contribution is 2.35. The molecule has 0 aliphatic carbocycles. The summed E-state index contributed by atoms with van der Waals surface area (Å²) in [5.41, 5.74) is 1.27. The van der Waals surface area contributed by atoms with E-state index in [0.717, 1.165) is 25.9 Å². The Balaban J connectivity index is 1.78. The smallest absolute Gasteiger partial charge is 0.219 e. The third-order valence-corrected chi connectivity index (χ3v) is 5.15. The van der Waals surface area contributed by atoms with Crippen LogP contribution < -0.4 is 0 Å². The van der Waals surface area contributed by atoms with Gasteiger partial charge in [0.1, 0.15) is 0 Å². The summed E-state index contributed by atoms with van der Waals surface area (Å²) in [6.45, 7) is 6.04. The molecule has 1 aromatic rings. The number of likely N-dealkylation sites (tertiary alicyclic amines) is 2. The standard InChI is InChI=1S/C17H25N3O/c1-13(15-6-3-9-18-12-15)19-10-4-7-16(19)17-8-5-11-20(17)14(2)21/h3,6,9,12-13,16-17H,4-5,7-8,10-11H2,1-2H3. The number of pyridine rings is 1. The fourth-order valence-electron chi connectivity index (χ4n) is 4.11. The SMILES string of the molecule is CC(=O)N1CCCC1C1CCCN1C(C)c1cccnc1. The van der Waals surface area contributed by atoms with Crippen molar-refractivity contribution in [3.8, 4) is 0 Å². The molecule has 0 radical (unpaired) electrons. The second-order valence-corrected chi connectivity index (χ2v) is 6.33. The van der Waals surface area contributed by atoms with Gasteiger partial charge in [-0.1, -0.05) is 6.07 Å². The number of amides is 1. The van der Waals surface area contributed by atoms with Gasteiger partial charge in [0.2, 0.25) is 5.91 Å². The highest BCUT2D eigenvalue weighted by molar-refractivity contribution is 5.74. The number of hydrogen-bond acceptors (Lipinski definition) is 3. The zero-order valence-electron chi connectivity index (χ0n) is 13.0. The van der Waals surface area contributed by atoms with E-state index < -0.39 is 0 Å². The molecule has 1 aromatic heterocycles. The lowest BCUT2D eigenvalue weighted by Crippen LogP contribution is -2.48. The first-order chi connectivity index (χ1) is 10.2. The number of nitrogens with zero attached hydrogens (tertiary/aromatic N) is 3.